The van der Waals surface area contributed by atoms with Crippen molar-refractivity contribution in [3.05, 3.63) is 131 Å². The number of nitrogens with one attached hydrogen (secondary N) is 1. The van der Waals surface area contributed by atoms with E-state index in [1.54, 1.807) is 51.7 Å². The predicted octanol–water partition coefficient (Wildman–Crippen LogP) is 5.94. The molecule has 0 unspecified atom stereocenters. The van der Waals surface area contributed by atoms with Gasteiger partial charge >= 0.3 is 0 Å². The number of benzene rings is 2. The summed E-state index contributed by atoms with van der Waals surface area (Å²) >= 11 is 0. The summed E-state index contributed by atoms with van der Waals surface area (Å²) in [6.07, 6.45) is 9.30. The van der Waals surface area contributed by atoms with Crippen molar-refractivity contribution in [3.8, 4) is 50.9 Å². The van der Waals surface area contributed by atoms with E-state index in [0.717, 1.165) is 6.07 Å². The first kappa shape index (κ1) is 32.4. The van der Waals surface area contributed by atoms with Gasteiger partial charge in [0, 0.05) is 59.4 Å². The van der Waals surface area contributed by atoms with E-state index >= 15 is 0 Å². The minimum Gasteiger partial charge on any atom is -0.479 e. The van der Waals surface area contributed by atoms with Crippen molar-refractivity contribution < 1.29 is 22.3 Å². The van der Waals surface area contributed by atoms with Crippen LogP contribution >= 0.6 is 0 Å². The van der Waals surface area contributed by atoms with Gasteiger partial charge in [-0.2, -0.15) is 0 Å². The monoisotopic (exact) mass is 692 g/mol. The smallest absolute Gasteiger partial charge is 0.283 e. The Balaban J connectivity index is 0.000000159. The quantitative estimate of drug-likeness (QED) is 0.185. The summed E-state index contributed by atoms with van der Waals surface area (Å²) in [4.78, 5) is 34.8. The molecule has 0 bridgehead atoms. The molecule has 16 heteroatoms. The Bertz CT molecular complexity index is 2620. The van der Waals surface area contributed by atoms with Gasteiger partial charge in [-0.05, 0) is 60.7 Å². The number of nitrogens with zero attached hydrogens (tertiary/aromatic N) is 7. The SMILES string of the molecule is COc1ncc(-c2c(-c3ccc(F)cc3)nc(N)c3nccn23)cc1F.Nc1nc(-c2ccc(F)cc2)c(-c2c[nH]c(=O)c(F)c2)n2ccnc12. The maximum atomic E-state index is 14.2. The molecule has 0 amide bonds. The summed E-state index contributed by atoms with van der Waals surface area (Å²) in [5.41, 5.74) is 15.9. The minimum atomic E-state index is -0.923. The number of aromatic amines is 1. The second-order valence-corrected chi connectivity index (χ2v) is 10.9. The van der Waals surface area contributed by atoms with E-state index in [1.165, 1.54) is 56.0 Å². The molecule has 0 fully saturated rings. The van der Waals surface area contributed by atoms with Gasteiger partial charge < -0.3 is 21.2 Å². The number of H-pyrrole nitrogens is 1. The van der Waals surface area contributed by atoms with Crippen LogP contribution in [0.15, 0.2) is 103 Å². The highest BCUT2D eigenvalue weighted by Gasteiger charge is 2.20. The van der Waals surface area contributed by atoms with Gasteiger partial charge in [0.15, 0.2) is 34.6 Å². The van der Waals surface area contributed by atoms with Crippen molar-refractivity contribution in [2.75, 3.05) is 18.6 Å². The number of anilines is 2. The molecule has 51 heavy (non-hydrogen) atoms. The van der Waals surface area contributed by atoms with Crippen LogP contribution in [-0.4, -0.2) is 45.8 Å². The Morgan fingerprint density at radius 2 is 1.16 bits per heavy atom. The minimum absolute atomic E-state index is 0.109. The van der Waals surface area contributed by atoms with Crippen LogP contribution in [-0.2, 0) is 0 Å². The lowest BCUT2D eigenvalue weighted by Crippen LogP contribution is -2.11. The maximum Gasteiger partial charge on any atom is 0.283 e. The van der Waals surface area contributed by atoms with Crippen LogP contribution in [0.5, 0.6) is 5.88 Å². The van der Waals surface area contributed by atoms with E-state index in [-0.39, 0.29) is 23.3 Å². The molecule has 8 aromatic rings. The van der Waals surface area contributed by atoms with Crippen molar-refractivity contribution >= 4 is 22.9 Å². The molecule has 0 saturated carbocycles. The highest BCUT2D eigenvalue weighted by Crippen LogP contribution is 2.35. The molecule has 2 aromatic carbocycles. The van der Waals surface area contributed by atoms with Gasteiger partial charge in [-0.1, -0.05) is 0 Å². The number of rotatable bonds is 5. The molecule has 6 aromatic heterocycles. The summed E-state index contributed by atoms with van der Waals surface area (Å²) in [7, 11) is 1.34. The number of ether oxygens (including phenoxy) is 1. The summed E-state index contributed by atoms with van der Waals surface area (Å²) in [5.74, 6) is -2.02. The molecule has 6 heterocycles. The first-order chi connectivity index (χ1) is 24.6. The van der Waals surface area contributed by atoms with Crippen LogP contribution in [0.25, 0.3) is 56.3 Å². The largest absolute Gasteiger partial charge is 0.479 e. The third-order valence-electron chi connectivity index (χ3n) is 7.78. The number of nitrogens with two attached hydrogens (primary N) is 2. The Morgan fingerprint density at radius 1 is 0.667 bits per heavy atom. The lowest BCUT2D eigenvalue weighted by Gasteiger charge is -2.14. The van der Waals surface area contributed by atoms with Gasteiger partial charge in [0.25, 0.3) is 5.56 Å². The summed E-state index contributed by atoms with van der Waals surface area (Å²) in [5, 5.41) is 0. The standard InChI is InChI=1S/C18H13F2N5O.C17H11F2N5O/c1-26-18-13(20)8-11(9-23-18)15-14(10-2-4-12(19)5-3-10)24-16(21)17-22-6-7-25(15)17;18-11-3-1-9(2-4-11)13-14(10-7-12(19)17(25)22-8-10)24-6-5-21-16(24)15(20)23-13/h2-9H,1H3,(H2,21,24);1-8H,(H2,20,23)(H,22,25). The van der Waals surface area contributed by atoms with Gasteiger partial charge in [0.2, 0.25) is 5.88 Å². The topological polar surface area (TPSA) is 167 Å². The first-order valence-electron chi connectivity index (χ1n) is 15.0. The molecule has 0 saturated heterocycles. The summed E-state index contributed by atoms with van der Waals surface area (Å²) in [6.45, 7) is 0. The molecule has 0 aliphatic rings. The summed E-state index contributed by atoms with van der Waals surface area (Å²) < 4.78 is 62.8. The third-order valence-corrected chi connectivity index (χ3v) is 7.78. The van der Waals surface area contributed by atoms with Crippen molar-refractivity contribution in [3.63, 3.8) is 0 Å². The molecule has 5 N–H and O–H groups in total. The number of aromatic nitrogens is 8. The Labute approximate surface area is 284 Å². The zero-order valence-corrected chi connectivity index (χ0v) is 26.4. The van der Waals surface area contributed by atoms with Crippen molar-refractivity contribution in [2.45, 2.75) is 0 Å². The van der Waals surface area contributed by atoms with E-state index in [4.69, 9.17) is 16.2 Å². The molecule has 0 aliphatic heterocycles. The van der Waals surface area contributed by atoms with Crippen LogP contribution in [0, 0.1) is 23.3 Å². The fraction of sp³-hybridized carbons (Fsp3) is 0.0286. The maximum absolute atomic E-state index is 14.2. The lowest BCUT2D eigenvalue weighted by atomic mass is 10.0. The van der Waals surface area contributed by atoms with Gasteiger partial charge in [0.1, 0.15) is 11.6 Å². The highest BCUT2D eigenvalue weighted by molar-refractivity contribution is 5.84. The number of fused-ring (bicyclic) bond motifs is 2. The lowest BCUT2D eigenvalue weighted by molar-refractivity contribution is 0.369. The Morgan fingerprint density at radius 3 is 1.63 bits per heavy atom. The summed E-state index contributed by atoms with van der Waals surface area (Å²) in [6, 6.07) is 13.9. The second kappa shape index (κ2) is 13.1. The molecule has 8 rings (SSSR count). The average Bonchev–Trinajstić information content (AvgIpc) is 3.82. The first-order valence-corrected chi connectivity index (χ1v) is 15.0. The third kappa shape index (κ3) is 6.05. The fourth-order valence-corrected chi connectivity index (χ4v) is 5.49. The van der Waals surface area contributed by atoms with Crippen LogP contribution < -0.4 is 21.8 Å². The van der Waals surface area contributed by atoms with E-state index in [1.807, 2.05) is 0 Å². The number of pyridine rings is 2. The van der Waals surface area contributed by atoms with Gasteiger partial charge in [0.05, 0.1) is 29.9 Å². The van der Waals surface area contributed by atoms with Crippen LogP contribution in [0.1, 0.15) is 0 Å². The fourth-order valence-electron chi connectivity index (χ4n) is 5.49. The molecule has 0 spiro atoms. The van der Waals surface area contributed by atoms with E-state index < -0.39 is 23.0 Å². The molecule has 12 nitrogen and oxygen atoms in total. The van der Waals surface area contributed by atoms with Crippen molar-refractivity contribution in [1.29, 1.82) is 0 Å². The average molecular weight is 693 g/mol. The number of halogens is 4. The predicted molar refractivity (Wildman–Crippen MR) is 181 cm³/mol. The zero-order valence-electron chi connectivity index (χ0n) is 26.4. The van der Waals surface area contributed by atoms with E-state index in [2.05, 4.69) is 29.9 Å². The number of hydrogen-bond acceptors (Lipinski definition) is 9. The van der Waals surface area contributed by atoms with Gasteiger partial charge in [-0.3, -0.25) is 13.6 Å². The van der Waals surface area contributed by atoms with Crippen molar-refractivity contribution in [2.24, 2.45) is 0 Å². The van der Waals surface area contributed by atoms with Crippen LogP contribution in [0.3, 0.4) is 0 Å². The van der Waals surface area contributed by atoms with Crippen molar-refractivity contribution in [1.82, 2.24) is 38.7 Å². The zero-order chi connectivity index (χ0) is 35.8. The molecule has 254 valence electrons. The van der Waals surface area contributed by atoms with E-state index in [0.29, 0.717) is 56.3 Å². The Hall–Kier alpha value is -7.10. The van der Waals surface area contributed by atoms with E-state index in [9.17, 15) is 22.4 Å². The van der Waals surface area contributed by atoms with Gasteiger partial charge in [-0.15, -0.1) is 0 Å². The molecular formula is C35H24F4N10O2. The normalized spacial score (nSPS) is 11.1. The number of methoxy groups -OCH3 is 1. The van der Waals surface area contributed by atoms with Gasteiger partial charge in [-0.25, -0.2) is 42.5 Å². The Kier molecular flexibility index (Phi) is 8.32. The molecule has 0 radical (unpaired) electrons. The number of nitrogen functional groups attached to an aromatic ring is 2. The number of hydrogen-bond donors (Lipinski definition) is 3. The van der Waals surface area contributed by atoms with Crippen LogP contribution in [0.2, 0.25) is 0 Å². The number of imidazole rings is 2. The highest BCUT2D eigenvalue weighted by atomic mass is 19.1. The van der Waals surface area contributed by atoms with Crippen LogP contribution in [0.4, 0.5) is 29.2 Å². The molecular weight excluding hydrogens is 668 g/mol. The molecule has 0 aliphatic carbocycles. The molecule has 0 atom stereocenters. The second-order valence-electron chi connectivity index (χ2n) is 10.9.